The largest absolute Gasteiger partial charge is 0.573 e. The molecule has 0 unspecified atom stereocenters. The summed E-state index contributed by atoms with van der Waals surface area (Å²) in [6.45, 7) is 0.805. The SMILES string of the molecule is CO[C@@H]1CN[C@H](C(=O)N(C)Cc2cccc(OC(F)(F)F)c2)C1.Cl. The van der Waals surface area contributed by atoms with Crippen LogP contribution in [0.5, 0.6) is 5.75 Å². The zero-order chi connectivity index (χ0) is 17.0. The maximum absolute atomic E-state index is 12.3. The van der Waals surface area contributed by atoms with Crippen LogP contribution in [0.15, 0.2) is 24.3 Å². The molecule has 0 aliphatic carbocycles. The number of hydrogen-bond acceptors (Lipinski definition) is 4. The van der Waals surface area contributed by atoms with Crippen molar-refractivity contribution in [3.05, 3.63) is 29.8 Å². The van der Waals surface area contributed by atoms with Crippen molar-refractivity contribution in [1.29, 1.82) is 0 Å². The van der Waals surface area contributed by atoms with Gasteiger partial charge in [-0.3, -0.25) is 4.79 Å². The second kappa shape index (κ2) is 8.55. The Morgan fingerprint density at radius 2 is 2.12 bits per heavy atom. The molecule has 1 heterocycles. The molecule has 0 bridgehead atoms. The minimum atomic E-state index is -4.73. The smallest absolute Gasteiger partial charge is 0.406 e. The zero-order valence-corrected chi connectivity index (χ0v) is 14.1. The Balaban J connectivity index is 0.00000288. The van der Waals surface area contributed by atoms with E-state index in [4.69, 9.17) is 4.74 Å². The summed E-state index contributed by atoms with van der Waals surface area (Å²) in [6.07, 6.45) is -4.15. The summed E-state index contributed by atoms with van der Waals surface area (Å²) in [5.74, 6) is -0.416. The van der Waals surface area contributed by atoms with Crippen molar-refractivity contribution >= 4 is 18.3 Å². The first-order valence-electron chi connectivity index (χ1n) is 7.14. The second-order valence-electron chi connectivity index (χ2n) is 5.44. The predicted octanol–water partition coefficient (Wildman–Crippen LogP) is 2.34. The topological polar surface area (TPSA) is 50.8 Å². The Hall–Kier alpha value is -1.51. The number of benzene rings is 1. The molecule has 24 heavy (non-hydrogen) atoms. The molecular formula is C15H20ClF3N2O3. The molecule has 0 saturated carbocycles. The number of hydrogen-bond donors (Lipinski definition) is 1. The monoisotopic (exact) mass is 368 g/mol. The van der Waals surface area contributed by atoms with E-state index in [1.165, 1.54) is 23.1 Å². The van der Waals surface area contributed by atoms with Crippen molar-refractivity contribution in [2.75, 3.05) is 20.7 Å². The van der Waals surface area contributed by atoms with E-state index in [0.29, 0.717) is 18.5 Å². The van der Waals surface area contributed by atoms with Crippen LogP contribution < -0.4 is 10.1 Å². The van der Waals surface area contributed by atoms with Crippen LogP contribution >= 0.6 is 12.4 Å². The molecule has 2 rings (SSSR count). The average Bonchev–Trinajstić information content (AvgIpc) is 2.93. The number of nitrogens with zero attached hydrogens (tertiary/aromatic N) is 1. The Morgan fingerprint density at radius 1 is 1.42 bits per heavy atom. The highest BCUT2D eigenvalue weighted by Gasteiger charge is 2.32. The fourth-order valence-corrected chi connectivity index (χ4v) is 2.53. The fourth-order valence-electron chi connectivity index (χ4n) is 2.53. The predicted molar refractivity (Wildman–Crippen MR) is 84.1 cm³/mol. The first-order chi connectivity index (χ1) is 10.8. The lowest BCUT2D eigenvalue weighted by molar-refractivity contribution is -0.274. The first kappa shape index (κ1) is 20.5. The van der Waals surface area contributed by atoms with Gasteiger partial charge in [-0.05, 0) is 24.1 Å². The highest BCUT2D eigenvalue weighted by molar-refractivity contribution is 5.85. The van der Waals surface area contributed by atoms with E-state index < -0.39 is 6.36 Å². The number of ether oxygens (including phenoxy) is 2. The minimum Gasteiger partial charge on any atom is -0.406 e. The van der Waals surface area contributed by atoms with Crippen molar-refractivity contribution in [1.82, 2.24) is 10.2 Å². The third-order valence-corrected chi connectivity index (χ3v) is 3.65. The summed E-state index contributed by atoms with van der Waals surface area (Å²) in [4.78, 5) is 13.8. The summed E-state index contributed by atoms with van der Waals surface area (Å²) in [7, 11) is 3.20. The molecule has 1 fully saturated rings. The van der Waals surface area contributed by atoms with Gasteiger partial charge in [0.15, 0.2) is 0 Å². The molecule has 1 aliphatic heterocycles. The van der Waals surface area contributed by atoms with E-state index in [-0.39, 0.29) is 42.8 Å². The molecule has 2 atom stereocenters. The van der Waals surface area contributed by atoms with Crippen LogP contribution in [-0.2, 0) is 16.1 Å². The molecule has 1 aromatic carbocycles. The number of carbonyl (C=O) groups is 1. The minimum absolute atomic E-state index is 0. The zero-order valence-electron chi connectivity index (χ0n) is 13.3. The van der Waals surface area contributed by atoms with Crippen molar-refractivity contribution in [3.8, 4) is 5.75 Å². The van der Waals surface area contributed by atoms with Crippen LogP contribution in [0, 0.1) is 0 Å². The number of likely N-dealkylation sites (N-methyl/N-ethyl adjacent to an activating group) is 1. The van der Waals surface area contributed by atoms with E-state index >= 15 is 0 Å². The molecule has 1 aromatic rings. The van der Waals surface area contributed by atoms with Gasteiger partial charge in [0.1, 0.15) is 5.75 Å². The number of methoxy groups -OCH3 is 1. The Morgan fingerprint density at radius 3 is 2.71 bits per heavy atom. The van der Waals surface area contributed by atoms with E-state index in [2.05, 4.69) is 10.1 Å². The average molecular weight is 369 g/mol. The van der Waals surface area contributed by atoms with Crippen molar-refractivity contribution in [2.24, 2.45) is 0 Å². The highest BCUT2D eigenvalue weighted by Crippen LogP contribution is 2.24. The van der Waals surface area contributed by atoms with Gasteiger partial charge in [0.05, 0.1) is 12.1 Å². The van der Waals surface area contributed by atoms with Gasteiger partial charge in [-0.2, -0.15) is 0 Å². The maximum atomic E-state index is 12.3. The fraction of sp³-hybridized carbons (Fsp3) is 0.533. The van der Waals surface area contributed by atoms with Crippen molar-refractivity contribution < 1.29 is 27.4 Å². The van der Waals surface area contributed by atoms with Gasteiger partial charge in [0, 0.05) is 27.2 Å². The second-order valence-corrected chi connectivity index (χ2v) is 5.44. The van der Waals surface area contributed by atoms with E-state index in [0.717, 1.165) is 0 Å². The molecule has 0 spiro atoms. The van der Waals surface area contributed by atoms with Gasteiger partial charge in [0.2, 0.25) is 5.91 Å². The molecular weight excluding hydrogens is 349 g/mol. The van der Waals surface area contributed by atoms with Gasteiger partial charge in [-0.15, -0.1) is 25.6 Å². The van der Waals surface area contributed by atoms with Gasteiger partial charge in [0.25, 0.3) is 0 Å². The van der Waals surface area contributed by atoms with E-state index in [1.807, 2.05) is 0 Å². The van der Waals surface area contributed by atoms with E-state index in [1.54, 1.807) is 20.2 Å². The Labute approximate surface area is 144 Å². The first-order valence-corrected chi connectivity index (χ1v) is 7.14. The summed E-state index contributed by atoms with van der Waals surface area (Å²) in [6, 6.07) is 5.27. The Kier molecular flexibility index (Phi) is 7.31. The lowest BCUT2D eigenvalue weighted by Crippen LogP contribution is -2.41. The van der Waals surface area contributed by atoms with Gasteiger partial charge in [-0.25, -0.2) is 0 Å². The van der Waals surface area contributed by atoms with Crippen LogP contribution in [0.4, 0.5) is 13.2 Å². The van der Waals surface area contributed by atoms with Crippen LogP contribution in [-0.4, -0.2) is 50.0 Å². The quantitative estimate of drug-likeness (QED) is 0.866. The van der Waals surface area contributed by atoms with Crippen molar-refractivity contribution in [2.45, 2.75) is 31.5 Å². The molecule has 5 nitrogen and oxygen atoms in total. The summed E-state index contributed by atoms with van der Waals surface area (Å²) in [5, 5.41) is 3.08. The van der Waals surface area contributed by atoms with E-state index in [9.17, 15) is 18.0 Å². The number of alkyl halides is 3. The lowest BCUT2D eigenvalue weighted by Gasteiger charge is -2.21. The van der Waals surface area contributed by atoms with Crippen LogP contribution in [0.1, 0.15) is 12.0 Å². The summed E-state index contributed by atoms with van der Waals surface area (Å²) >= 11 is 0. The van der Waals surface area contributed by atoms with Gasteiger partial charge < -0.3 is 19.7 Å². The third kappa shape index (κ3) is 5.85. The van der Waals surface area contributed by atoms with Crippen LogP contribution in [0.2, 0.25) is 0 Å². The molecule has 1 amide bonds. The molecule has 136 valence electrons. The van der Waals surface area contributed by atoms with Crippen molar-refractivity contribution in [3.63, 3.8) is 0 Å². The molecule has 0 aromatic heterocycles. The molecule has 0 radical (unpaired) electrons. The summed E-state index contributed by atoms with van der Waals surface area (Å²) in [5.41, 5.74) is 0.559. The van der Waals surface area contributed by atoms with Crippen LogP contribution in [0.3, 0.4) is 0 Å². The standard InChI is InChI=1S/C15H19F3N2O3.ClH/c1-20(14(21)13-7-12(22-2)8-19-13)9-10-4-3-5-11(6-10)23-15(16,17)18;/h3-6,12-13,19H,7-9H2,1-2H3;1H/t12-,13-;/m0./s1. The number of amides is 1. The van der Waals surface area contributed by atoms with Gasteiger partial charge >= 0.3 is 6.36 Å². The Bertz CT molecular complexity index is 557. The van der Waals surface area contributed by atoms with Crippen LogP contribution in [0.25, 0.3) is 0 Å². The molecule has 1 aliphatic rings. The molecule has 1 saturated heterocycles. The number of halogens is 4. The number of carbonyl (C=O) groups excluding carboxylic acids is 1. The normalized spacial score (nSPS) is 20.4. The van der Waals surface area contributed by atoms with Gasteiger partial charge in [-0.1, -0.05) is 12.1 Å². The molecule has 1 N–H and O–H groups in total. The lowest BCUT2D eigenvalue weighted by atomic mass is 10.1. The third-order valence-electron chi connectivity index (χ3n) is 3.65. The maximum Gasteiger partial charge on any atom is 0.573 e. The highest BCUT2D eigenvalue weighted by atomic mass is 35.5. The summed E-state index contributed by atoms with van der Waals surface area (Å²) < 4.78 is 45.8. The number of rotatable bonds is 5. The molecule has 9 heteroatoms. The number of nitrogens with one attached hydrogen (secondary N) is 1.